The number of aromatic amines is 1. The van der Waals surface area contributed by atoms with Crippen LogP contribution in [-0.4, -0.2) is 24.1 Å². The first-order valence-electron chi connectivity index (χ1n) is 7.18. The topological polar surface area (TPSA) is 112 Å². The highest BCUT2D eigenvalue weighted by molar-refractivity contribution is 5.56. The first-order valence-corrected chi connectivity index (χ1v) is 7.18. The van der Waals surface area contributed by atoms with Gasteiger partial charge in [0.1, 0.15) is 0 Å². The molecule has 0 amide bonds. The quantitative estimate of drug-likeness (QED) is 0.603. The van der Waals surface area contributed by atoms with Gasteiger partial charge in [-0.25, -0.2) is 22.8 Å². The molecule has 0 atom stereocenters. The first-order chi connectivity index (χ1) is 12.2. The Morgan fingerprint density at radius 2 is 1.73 bits per heavy atom. The van der Waals surface area contributed by atoms with E-state index in [1.165, 1.54) is 7.05 Å². The van der Waals surface area contributed by atoms with Crippen LogP contribution in [0.15, 0.2) is 43.6 Å². The summed E-state index contributed by atoms with van der Waals surface area (Å²) < 4.78 is 29.5. The Morgan fingerprint density at radius 1 is 1.04 bits per heavy atom. The minimum Gasteiger partial charge on any atom is -0.302 e. The second-order valence-corrected chi connectivity index (χ2v) is 5.35. The third kappa shape index (κ3) is 2.49. The molecule has 0 saturated carbocycles. The average molecular weight is 363 g/mol. The van der Waals surface area contributed by atoms with Crippen LogP contribution in [0.1, 0.15) is 0 Å². The zero-order chi connectivity index (χ0) is 19.2. The third-order valence-corrected chi connectivity index (χ3v) is 3.70. The monoisotopic (exact) mass is 363 g/mol. The number of rotatable bonds is 2. The number of benzene rings is 1. The van der Waals surface area contributed by atoms with Gasteiger partial charge in [-0.1, -0.05) is 6.07 Å². The van der Waals surface area contributed by atoms with E-state index in [2.05, 4.69) is 10.2 Å². The van der Waals surface area contributed by atoms with E-state index >= 15 is 0 Å². The molecule has 9 nitrogen and oxygen atoms in total. The van der Waals surface area contributed by atoms with Gasteiger partial charge in [-0.2, -0.15) is 5.10 Å². The summed E-state index contributed by atoms with van der Waals surface area (Å²) in [6.45, 7) is 0. The highest BCUT2D eigenvalue weighted by Crippen LogP contribution is 2.14. The number of aryl methyl sites for hydroxylation is 2. The van der Waals surface area contributed by atoms with Crippen molar-refractivity contribution in [3.05, 3.63) is 77.4 Å². The molecule has 3 aromatic rings. The maximum Gasteiger partial charge on any atom is 0.351 e. The molecule has 0 aliphatic heterocycles. The van der Waals surface area contributed by atoms with E-state index in [1.54, 1.807) is 0 Å². The van der Waals surface area contributed by atoms with E-state index in [9.17, 15) is 28.0 Å². The normalized spacial score (nSPS) is 10.9. The molecule has 0 fully saturated rings. The van der Waals surface area contributed by atoms with Crippen molar-refractivity contribution in [3.8, 4) is 16.9 Å². The van der Waals surface area contributed by atoms with Crippen LogP contribution in [0, 0.1) is 11.6 Å². The summed E-state index contributed by atoms with van der Waals surface area (Å²) in [7, 11) is 2.45. The molecule has 0 unspecified atom stereocenters. The van der Waals surface area contributed by atoms with Gasteiger partial charge < -0.3 is 5.10 Å². The number of hydrogen-bond acceptors (Lipinski definition) is 5. The summed E-state index contributed by atoms with van der Waals surface area (Å²) in [5, 5.41) is 6.14. The van der Waals surface area contributed by atoms with Crippen LogP contribution >= 0.6 is 0 Å². The van der Waals surface area contributed by atoms with Crippen molar-refractivity contribution in [1.82, 2.24) is 24.1 Å². The van der Waals surface area contributed by atoms with Crippen molar-refractivity contribution in [1.29, 1.82) is 0 Å². The molecule has 0 spiro atoms. The molecule has 0 radical (unpaired) electrons. The molecule has 2 heterocycles. The SMILES string of the molecule is Cn1nc(-c2c[nH]n(C)c(=O)c2=O)c(=O)n(-c2cccc(F)c2F)c1=O. The van der Waals surface area contributed by atoms with Gasteiger partial charge in [-0.15, -0.1) is 0 Å². The summed E-state index contributed by atoms with van der Waals surface area (Å²) in [5.74, 6) is -2.68. The van der Waals surface area contributed by atoms with Crippen molar-refractivity contribution >= 4 is 0 Å². The van der Waals surface area contributed by atoms with Crippen LogP contribution in [-0.2, 0) is 14.1 Å². The maximum atomic E-state index is 14.1. The maximum absolute atomic E-state index is 14.1. The number of aromatic nitrogens is 5. The molecule has 0 aliphatic carbocycles. The van der Waals surface area contributed by atoms with E-state index in [1.807, 2.05) is 0 Å². The van der Waals surface area contributed by atoms with Gasteiger partial charge in [-0.05, 0) is 12.1 Å². The van der Waals surface area contributed by atoms with Crippen LogP contribution in [0.4, 0.5) is 8.78 Å². The van der Waals surface area contributed by atoms with Crippen molar-refractivity contribution in [2.24, 2.45) is 14.1 Å². The summed E-state index contributed by atoms with van der Waals surface area (Å²) in [5.41, 5.74) is -5.82. The number of hydrogen-bond donors (Lipinski definition) is 1. The Labute approximate surface area is 142 Å². The average Bonchev–Trinajstić information content (AvgIpc) is 2.60. The van der Waals surface area contributed by atoms with E-state index in [4.69, 9.17) is 0 Å². The zero-order valence-corrected chi connectivity index (χ0v) is 13.5. The van der Waals surface area contributed by atoms with Crippen molar-refractivity contribution < 1.29 is 8.78 Å². The highest BCUT2D eigenvalue weighted by atomic mass is 19.2. The second kappa shape index (κ2) is 6.02. The molecule has 0 saturated heterocycles. The lowest BCUT2D eigenvalue weighted by Gasteiger charge is -2.10. The summed E-state index contributed by atoms with van der Waals surface area (Å²) in [6, 6.07) is 2.96. The van der Waals surface area contributed by atoms with E-state index in [0.29, 0.717) is 9.25 Å². The van der Waals surface area contributed by atoms with Gasteiger partial charge in [0.25, 0.3) is 11.0 Å². The number of nitrogens with one attached hydrogen (secondary N) is 1. The number of halogens is 2. The van der Waals surface area contributed by atoms with Crippen LogP contribution < -0.4 is 22.2 Å². The van der Waals surface area contributed by atoms with Gasteiger partial charge in [0, 0.05) is 20.3 Å². The molecule has 2 aromatic heterocycles. The number of nitrogens with zero attached hydrogens (tertiary/aromatic N) is 4. The Balaban J connectivity index is 2.45. The molecule has 11 heteroatoms. The fourth-order valence-electron chi connectivity index (χ4n) is 2.35. The largest absolute Gasteiger partial charge is 0.351 e. The third-order valence-electron chi connectivity index (χ3n) is 3.70. The molecule has 0 bridgehead atoms. The predicted octanol–water partition coefficient (Wildman–Crippen LogP) is -0.737. The van der Waals surface area contributed by atoms with Crippen LogP contribution in [0.2, 0.25) is 0 Å². The molecule has 0 aliphatic rings. The Morgan fingerprint density at radius 3 is 2.42 bits per heavy atom. The molecule has 1 N–H and O–H groups in total. The van der Waals surface area contributed by atoms with Crippen LogP contribution in [0.5, 0.6) is 0 Å². The fourth-order valence-corrected chi connectivity index (χ4v) is 2.35. The molecule has 1 aromatic carbocycles. The number of H-pyrrole nitrogens is 1. The highest BCUT2D eigenvalue weighted by Gasteiger charge is 2.21. The van der Waals surface area contributed by atoms with E-state index in [0.717, 1.165) is 36.1 Å². The summed E-state index contributed by atoms with van der Waals surface area (Å²) in [6.07, 6.45) is 1.06. The molecule has 26 heavy (non-hydrogen) atoms. The zero-order valence-electron chi connectivity index (χ0n) is 13.5. The molecule has 134 valence electrons. The van der Waals surface area contributed by atoms with Gasteiger partial charge in [-0.3, -0.25) is 19.1 Å². The minimum absolute atomic E-state index is 0.345. The Bertz CT molecular complexity index is 1270. The van der Waals surface area contributed by atoms with E-state index in [-0.39, 0.29) is 0 Å². The van der Waals surface area contributed by atoms with Crippen molar-refractivity contribution in [2.45, 2.75) is 0 Å². The smallest absolute Gasteiger partial charge is 0.302 e. The molecular formula is C15H11F2N5O4. The lowest BCUT2D eigenvalue weighted by Crippen LogP contribution is -2.43. The van der Waals surface area contributed by atoms with Crippen LogP contribution in [0.25, 0.3) is 16.9 Å². The van der Waals surface area contributed by atoms with Crippen LogP contribution in [0.3, 0.4) is 0 Å². The molecule has 3 rings (SSSR count). The first kappa shape index (κ1) is 17.2. The lowest BCUT2D eigenvalue weighted by atomic mass is 10.2. The lowest BCUT2D eigenvalue weighted by molar-refractivity contribution is 0.499. The predicted molar refractivity (Wildman–Crippen MR) is 86.3 cm³/mol. The minimum atomic E-state index is -1.42. The van der Waals surface area contributed by atoms with Gasteiger partial charge in [0.05, 0.1) is 11.3 Å². The standard InChI is InChI=1S/C15H11F2N5O4/c1-20-14(25)12(23)7(6-18-20)11-13(24)22(15(26)21(2)19-11)9-5-3-4-8(16)10(9)17/h3-6,18H,1-2H3. The summed E-state index contributed by atoms with van der Waals surface area (Å²) in [4.78, 5) is 48.9. The van der Waals surface area contributed by atoms with E-state index < -0.39 is 50.8 Å². The Hall–Kier alpha value is -3.63. The fraction of sp³-hybridized carbons (Fsp3) is 0.133. The molecular weight excluding hydrogens is 352 g/mol. The second-order valence-electron chi connectivity index (χ2n) is 5.35. The van der Waals surface area contributed by atoms with Crippen molar-refractivity contribution in [3.63, 3.8) is 0 Å². The Kier molecular flexibility index (Phi) is 3.98. The van der Waals surface area contributed by atoms with Gasteiger partial charge in [0.15, 0.2) is 17.3 Å². The summed E-state index contributed by atoms with van der Waals surface area (Å²) >= 11 is 0. The van der Waals surface area contributed by atoms with Gasteiger partial charge >= 0.3 is 11.2 Å². The van der Waals surface area contributed by atoms with Gasteiger partial charge in [0.2, 0.25) is 0 Å². The van der Waals surface area contributed by atoms with Crippen molar-refractivity contribution in [2.75, 3.05) is 0 Å².